The number of nitrogens with zero attached hydrogens (tertiary/aromatic N) is 1. The summed E-state index contributed by atoms with van der Waals surface area (Å²) >= 11 is 5.31. The summed E-state index contributed by atoms with van der Waals surface area (Å²) in [6, 6.07) is 4.66. The molecule has 5 heteroatoms. The van der Waals surface area contributed by atoms with Gasteiger partial charge in [0.25, 0.3) is 0 Å². The van der Waals surface area contributed by atoms with Crippen LogP contribution in [0.2, 0.25) is 0 Å². The summed E-state index contributed by atoms with van der Waals surface area (Å²) in [4.78, 5) is 7.71. The third kappa shape index (κ3) is 2.31. The quantitative estimate of drug-likeness (QED) is 0.812. The van der Waals surface area contributed by atoms with Crippen LogP contribution in [0.15, 0.2) is 18.2 Å². The molecule has 0 spiro atoms. The van der Waals surface area contributed by atoms with Crippen LogP contribution < -0.4 is 0 Å². The number of fused-ring (bicyclic) bond motifs is 1. The molecule has 0 fully saturated rings. The average Bonchev–Trinajstić information content (AvgIpc) is 2.38. The van der Waals surface area contributed by atoms with Crippen molar-refractivity contribution in [2.45, 2.75) is 20.0 Å². The molecular weight excluding hydrogens is 263 g/mol. The third-order valence-corrected chi connectivity index (χ3v) is 3.63. The van der Waals surface area contributed by atoms with Crippen molar-refractivity contribution in [2.75, 3.05) is 6.61 Å². The van der Waals surface area contributed by atoms with E-state index in [0.29, 0.717) is 23.7 Å². The van der Waals surface area contributed by atoms with Crippen molar-refractivity contribution in [3.63, 3.8) is 0 Å². The maximum Gasteiger partial charge on any atom is 0.139 e. The molecule has 0 bridgehead atoms. The van der Waals surface area contributed by atoms with E-state index in [4.69, 9.17) is 17.0 Å². The first-order valence-electron chi connectivity index (χ1n) is 6.11. The van der Waals surface area contributed by atoms with Gasteiger partial charge in [-0.15, -0.1) is 0 Å². The second kappa shape index (κ2) is 4.83. The van der Waals surface area contributed by atoms with Gasteiger partial charge in [-0.2, -0.15) is 0 Å². The summed E-state index contributed by atoms with van der Waals surface area (Å²) in [7, 11) is 0. The Hall–Kier alpha value is -1.59. The Labute approximate surface area is 115 Å². The Morgan fingerprint density at radius 3 is 3.05 bits per heavy atom. The highest BCUT2D eigenvalue weighted by Crippen LogP contribution is 2.24. The molecule has 1 N–H and O–H groups in total. The fourth-order valence-corrected chi connectivity index (χ4v) is 2.55. The molecule has 1 aliphatic heterocycles. The molecule has 0 saturated carbocycles. The molecular formula is C14H13FN2OS. The van der Waals surface area contributed by atoms with E-state index in [2.05, 4.69) is 9.97 Å². The summed E-state index contributed by atoms with van der Waals surface area (Å²) in [6.07, 6.45) is 0.800. The number of rotatable bonds is 1. The highest BCUT2D eigenvalue weighted by molar-refractivity contribution is 7.71. The van der Waals surface area contributed by atoms with Gasteiger partial charge in [-0.3, -0.25) is 0 Å². The molecule has 0 amide bonds. The minimum absolute atomic E-state index is 0.244. The van der Waals surface area contributed by atoms with Gasteiger partial charge in [0.2, 0.25) is 0 Å². The van der Waals surface area contributed by atoms with Crippen LogP contribution in [0.5, 0.6) is 0 Å². The van der Waals surface area contributed by atoms with Crippen molar-refractivity contribution in [1.82, 2.24) is 9.97 Å². The zero-order valence-corrected chi connectivity index (χ0v) is 11.3. The van der Waals surface area contributed by atoms with Gasteiger partial charge >= 0.3 is 0 Å². The first kappa shape index (κ1) is 12.4. The van der Waals surface area contributed by atoms with Gasteiger partial charge < -0.3 is 9.72 Å². The van der Waals surface area contributed by atoms with Crippen LogP contribution in [0.4, 0.5) is 4.39 Å². The van der Waals surface area contributed by atoms with Crippen molar-refractivity contribution < 1.29 is 9.13 Å². The summed E-state index contributed by atoms with van der Waals surface area (Å²) < 4.78 is 19.1. The molecule has 3 nitrogen and oxygen atoms in total. The van der Waals surface area contributed by atoms with Crippen LogP contribution in [0.25, 0.3) is 11.4 Å². The number of ether oxygens (including phenoxy) is 1. The zero-order valence-electron chi connectivity index (χ0n) is 10.5. The van der Waals surface area contributed by atoms with Gasteiger partial charge in [-0.05, 0) is 30.7 Å². The first-order chi connectivity index (χ1) is 9.15. The van der Waals surface area contributed by atoms with Crippen molar-refractivity contribution in [2.24, 2.45) is 0 Å². The Morgan fingerprint density at radius 2 is 2.26 bits per heavy atom. The molecule has 0 saturated heterocycles. The Bertz CT molecular complexity index is 696. The minimum atomic E-state index is -0.244. The fraction of sp³-hybridized carbons (Fsp3) is 0.286. The number of hydrogen-bond donors (Lipinski definition) is 1. The standard InChI is InChI=1S/C14H13FN2OS/c1-8-6-9(15)2-3-10(8)13-16-12-4-5-18-7-11(12)14(19)17-13/h2-3,6H,4-5,7H2,1H3,(H,16,17,19). The van der Waals surface area contributed by atoms with Gasteiger partial charge in [0.05, 0.1) is 13.2 Å². The molecule has 0 radical (unpaired) electrons. The number of aromatic amines is 1. The highest BCUT2D eigenvalue weighted by Gasteiger charge is 2.15. The van der Waals surface area contributed by atoms with Gasteiger partial charge in [0.15, 0.2) is 0 Å². The number of nitrogens with one attached hydrogen (secondary N) is 1. The third-order valence-electron chi connectivity index (χ3n) is 3.29. The summed E-state index contributed by atoms with van der Waals surface area (Å²) in [5.41, 5.74) is 3.75. The molecule has 98 valence electrons. The molecule has 2 heterocycles. The maximum atomic E-state index is 13.1. The predicted octanol–water partition coefficient (Wildman–Crippen LogP) is 3.33. The number of H-pyrrole nitrogens is 1. The van der Waals surface area contributed by atoms with Gasteiger partial charge in [0, 0.05) is 23.2 Å². The smallest absolute Gasteiger partial charge is 0.139 e. The second-order valence-corrected chi connectivity index (χ2v) is 5.00. The van der Waals surface area contributed by atoms with Crippen LogP contribution in [0.1, 0.15) is 16.8 Å². The van der Waals surface area contributed by atoms with Crippen molar-refractivity contribution >= 4 is 12.2 Å². The van der Waals surface area contributed by atoms with E-state index < -0.39 is 0 Å². The van der Waals surface area contributed by atoms with Crippen LogP contribution in [-0.2, 0) is 17.8 Å². The second-order valence-electron chi connectivity index (χ2n) is 4.61. The normalized spacial score (nSPS) is 14.2. The maximum absolute atomic E-state index is 13.1. The van der Waals surface area contributed by atoms with Gasteiger partial charge in [0.1, 0.15) is 16.3 Å². The van der Waals surface area contributed by atoms with Crippen LogP contribution >= 0.6 is 12.2 Å². The summed E-state index contributed by atoms with van der Waals surface area (Å²) in [6.45, 7) is 3.06. The monoisotopic (exact) mass is 276 g/mol. The van der Waals surface area contributed by atoms with Crippen molar-refractivity contribution in [3.05, 3.63) is 45.5 Å². The molecule has 1 aromatic heterocycles. The number of aromatic nitrogens is 2. The lowest BCUT2D eigenvalue weighted by Gasteiger charge is -2.17. The largest absolute Gasteiger partial charge is 0.376 e. The van der Waals surface area contributed by atoms with E-state index in [9.17, 15) is 4.39 Å². The number of halogens is 1. The summed E-state index contributed by atoms with van der Waals surface area (Å²) in [5.74, 6) is 0.453. The SMILES string of the molecule is Cc1cc(F)ccc1-c1nc(=S)c2c([nH]1)CCOC2. The van der Waals surface area contributed by atoms with E-state index in [0.717, 1.165) is 28.8 Å². The zero-order chi connectivity index (χ0) is 13.4. The molecule has 0 aliphatic carbocycles. The summed E-state index contributed by atoms with van der Waals surface area (Å²) in [5, 5.41) is 0. The van der Waals surface area contributed by atoms with Crippen LogP contribution in [0, 0.1) is 17.4 Å². The molecule has 19 heavy (non-hydrogen) atoms. The van der Waals surface area contributed by atoms with E-state index in [1.54, 1.807) is 6.07 Å². The van der Waals surface area contributed by atoms with Crippen molar-refractivity contribution in [3.8, 4) is 11.4 Å². The Kier molecular flexibility index (Phi) is 3.16. The molecule has 3 rings (SSSR count). The predicted molar refractivity (Wildman–Crippen MR) is 72.9 cm³/mol. The Morgan fingerprint density at radius 1 is 1.42 bits per heavy atom. The lowest BCUT2D eigenvalue weighted by atomic mass is 10.1. The minimum Gasteiger partial charge on any atom is -0.376 e. The Balaban J connectivity index is 2.15. The molecule has 1 aromatic carbocycles. The number of benzene rings is 1. The van der Waals surface area contributed by atoms with Gasteiger partial charge in [-0.25, -0.2) is 9.37 Å². The van der Waals surface area contributed by atoms with Gasteiger partial charge in [-0.1, -0.05) is 12.2 Å². The molecule has 0 unspecified atom stereocenters. The van der Waals surface area contributed by atoms with E-state index in [1.165, 1.54) is 12.1 Å². The fourth-order valence-electron chi connectivity index (χ4n) is 2.28. The van der Waals surface area contributed by atoms with Crippen LogP contribution in [-0.4, -0.2) is 16.6 Å². The van der Waals surface area contributed by atoms with E-state index in [1.807, 2.05) is 6.92 Å². The van der Waals surface area contributed by atoms with Crippen molar-refractivity contribution in [1.29, 1.82) is 0 Å². The molecule has 0 atom stereocenters. The van der Waals surface area contributed by atoms with Crippen LogP contribution in [0.3, 0.4) is 0 Å². The number of hydrogen-bond acceptors (Lipinski definition) is 3. The lowest BCUT2D eigenvalue weighted by Crippen LogP contribution is -2.14. The number of aryl methyl sites for hydroxylation is 1. The highest BCUT2D eigenvalue weighted by atomic mass is 32.1. The first-order valence-corrected chi connectivity index (χ1v) is 6.52. The molecule has 2 aromatic rings. The molecule has 1 aliphatic rings. The topological polar surface area (TPSA) is 37.9 Å². The average molecular weight is 276 g/mol. The van der Waals surface area contributed by atoms with E-state index in [-0.39, 0.29) is 5.82 Å². The lowest BCUT2D eigenvalue weighted by molar-refractivity contribution is 0.108. The van der Waals surface area contributed by atoms with E-state index >= 15 is 0 Å².